The number of nitrogens with two attached hydrogens (primary N) is 1. The van der Waals surface area contributed by atoms with Gasteiger partial charge in [0, 0.05) is 28.1 Å². The van der Waals surface area contributed by atoms with Gasteiger partial charge in [-0.05, 0) is 43.3 Å². The van der Waals surface area contributed by atoms with E-state index in [2.05, 4.69) is 46.1 Å². The van der Waals surface area contributed by atoms with Crippen molar-refractivity contribution >= 4 is 27.5 Å². The molecule has 112 valence electrons. The van der Waals surface area contributed by atoms with Crippen molar-refractivity contribution in [1.82, 2.24) is 4.90 Å². The van der Waals surface area contributed by atoms with E-state index in [4.69, 9.17) is 17.3 Å². The zero-order valence-electron chi connectivity index (χ0n) is 12.3. The molecule has 2 unspecified atom stereocenters. The van der Waals surface area contributed by atoms with Gasteiger partial charge in [-0.15, -0.1) is 0 Å². The molecule has 0 radical (unpaired) electrons. The second kappa shape index (κ2) is 7.41. The van der Waals surface area contributed by atoms with E-state index < -0.39 is 0 Å². The monoisotopic (exact) mass is 366 g/mol. The van der Waals surface area contributed by atoms with Gasteiger partial charge in [0.2, 0.25) is 0 Å². The lowest BCUT2D eigenvalue weighted by Gasteiger charge is -2.32. The zero-order valence-corrected chi connectivity index (χ0v) is 14.6. The molecule has 0 spiro atoms. The third-order valence-corrected chi connectivity index (χ3v) is 4.59. The van der Waals surface area contributed by atoms with Crippen molar-refractivity contribution in [2.24, 2.45) is 5.73 Å². The molecule has 2 nitrogen and oxygen atoms in total. The Morgan fingerprint density at radius 3 is 2.33 bits per heavy atom. The third-order valence-electron chi connectivity index (χ3n) is 3.56. The van der Waals surface area contributed by atoms with Crippen LogP contribution in [0.3, 0.4) is 0 Å². The lowest BCUT2D eigenvalue weighted by atomic mass is 9.99. The van der Waals surface area contributed by atoms with Crippen LogP contribution in [0, 0.1) is 0 Å². The fraction of sp³-hybridized carbons (Fsp3) is 0.294. The molecule has 21 heavy (non-hydrogen) atoms. The first-order valence-corrected chi connectivity index (χ1v) is 8.11. The predicted octanol–water partition coefficient (Wildman–Crippen LogP) is 4.62. The van der Waals surface area contributed by atoms with Gasteiger partial charge in [-0.25, -0.2) is 0 Å². The van der Waals surface area contributed by atoms with E-state index in [1.807, 2.05) is 37.3 Å². The molecule has 0 heterocycles. The maximum Gasteiger partial charge on any atom is 0.0496 e. The maximum atomic E-state index is 6.21. The summed E-state index contributed by atoms with van der Waals surface area (Å²) in [6.07, 6.45) is 0. The molecule has 0 aliphatic rings. The standard InChI is InChI=1S/C17H20BrClN2/c1-12(20)17(13-7-9-15(19)10-8-13)21(2)11-14-5-3-4-6-16(14)18/h3-10,12,17H,11,20H2,1-2H3. The molecule has 0 aromatic heterocycles. The Hall–Kier alpha value is -0.870. The van der Waals surface area contributed by atoms with Gasteiger partial charge in [-0.2, -0.15) is 0 Å². The highest BCUT2D eigenvalue weighted by Gasteiger charge is 2.21. The van der Waals surface area contributed by atoms with E-state index in [1.54, 1.807) is 0 Å². The Balaban J connectivity index is 2.22. The van der Waals surface area contributed by atoms with Crippen molar-refractivity contribution in [2.45, 2.75) is 25.6 Å². The first kappa shape index (κ1) is 16.5. The minimum absolute atomic E-state index is 0.0265. The number of hydrogen-bond acceptors (Lipinski definition) is 2. The molecule has 0 aliphatic carbocycles. The largest absolute Gasteiger partial charge is 0.326 e. The van der Waals surface area contributed by atoms with Gasteiger partial charge < -0.3 is 5.73 Å². The van der Waals surface area contributed by atoms with E-state index in [-0.39, 0.29) is 12.1 Å². The van der Waals surface area contributed by atoms with Crippen LogP contribution in [0.1, 0.15) is 24.1 Å². The van der Waals surface area contributed by atoms with Crippen molar-refractivity contribution in [3.63, 3.8) is 0 Å². The summed E-state index contributed by atoms with van der Waals surface area (Å²) in [7, 11) is 2.10. The maximum absolute atomic E-state index is 6.21. The number of likely N-dealkylation sites (N-methyl/N-ethyl adjacent to an activating group) is 1. The molecule has 0 bridgehead atoms. The fourth-order valence-electron chi connectivity index (χ4n) is 2.61. The van der Waals surface area contributed by atoms with Crippen LogP contribution in [0.5, 0.6) is 0 Å². The number of halogens is 2. The Labute approximate surface area is 140 Å². The Morgan fingerprint density at radius 1 is 1.14 bits per heavy atom. The molecule has 0 fully saturated rings. The van der Waals surface area contributed by atoms with Gasteiger partial charge >= 0.3 is 0 Å². The lowest BCUT2D eigenvalue weighted by Crippen LogP contribution is -2.37. The predicted molar refractivity (Wildman–Crippen MR) is 93.5 cm³/mol. The molecule has 2 rings (SSSR count). The SMILES string of the molecule is CC(N)C(c1ccc(Cl)cc1)N(C)Cc1ccccc1Br. The van der Waals surface area contributed by atoms with Crippen LogP contribution < -0.4 is 5.73 Å². The zero-order chi connectivity index (χ0) is 15.4. The van der Waals surface area contributed by atoms with Crippen molar-refractivity contribution in [3.8, 4) is 0 Å². The van der Waals surface area contributed by atoms with Crippen LogP contribution in [0.4, 0.5) is 0 Å². The van der Waals surface area contributed by atoms with Gasteiger partial charge in [-0.1, -0.05) is 57.9 Å². The fourth-order valence-corrected chi connectivity index (χ4v) is 3.15. The van der Waals surface area contributed by atoms with Gasteiger partial charge in [0.25, 0.3) is 0 Å². The molecule has 0 amide bonds. The summed E-state index contributed by atoms with van der Waals surface area (Å²) in [6.45, 7) is 2.87. The molecule has 2 aromatic carbocycles. The van der Waals surface area contributed by atoms with Crippen LogP contribution in [0.25, 0.3) is 0 Å². The second-order valence-corrected chi connectivity index (χ2v) is 6.65. The number of hydrogen-bond donors (Lipinski definition) is 1. The van der Waals surface area contributed by atoms with Crippen molar-refractivity contribution < 1.29 is 0 Å². The van der Waals surface area contributed by atoms with Gasteiger partial charge in [0.05, 0.1) is 0 Å². The van der Waals surface area contributed by atoms with Crippen LogP contribution in [-0.4, -0.2) is 18.0 Å². The summed E-state index contributed by atoms with van der Waals surface area (Å²) in [5.41, 5.74) is 8.65. The summed E-state index contributed by atoms with van der Waals surface area (Å²) in [6, 6.07) is 16.4. The second-order valence-electron chi connectivity index (χ2n) is 5.36. The number of rotatable bonds is 5. The number of nitrogens with zero attached hydrogens (tertiary/aromatic N) is 1. The molecule has 2 N–H and O–H groups in total. The normalized spacial score (nSPS) is 14.2. The first-order chi connectivity index (χ1) is 9.99. The molecule has 0 aliphatic heterocycles. The molecule has 2 aromatic rings. The lowest BCUT2D eigenvalue weighted by molar-refractivity contribution is 0.210. The molecular weight excluding hydrogens is 348 g/mol. The van der Waals surface area contributed by atoms with E-state index in [9.17, 15) is 0 Å². The third kappa shape index (κ3) is 4.30. The highest BCUT2D eigenvalue weighted by atomic mass is 79.9. The highest BCUT2D eigenvalue weighted by molar-refractivity contribution is 9.10. The average molecular weight is 368 g/mol. The minimum atomic E-state index is 0.0265. The topological polar surface area (TPSA) is 29.3 Å². The quantitative estimate of drug-likeness (QED) is 0.835. The summed E-state index contributed by atoms with van der Waals surface area (Å²) >= 11 is 9.58. The Morgan fingerprint density at radius 2 is 1.76 bits per heavy atom. The molecule has 2 atom stereocenters. The minimum Gasteiger partial charge on any atom is -0.326 e. The van der Waals surface area contributed by atoms with Crippen molar-refractivity contribution in [2.75, 3.05) is 7.05 Å². The van der Waals surface area contributed by atoms with Gasteiger partial charge in [0.1, 0.15) is 0 Å². The van der Waals surface area contributed by atoms with Crippen LogP contribution in [-0.2, 0) is 6.54 Å². The van der Waals surface area contributed by atoms with Crippen LogP contribution in [0.2, 0.25) is 5.02 Å². The number of benzene rings is 2. The summed E-state index contributed by atoms with van der Waals surface area (Å²) in [4.78, 5) is 2.27. The van der Waals surface area contributed by atoms with Crippen molar-refractivity contribution in [1.29, 1.82) is 0 Å². The summed E-state index contributed by atoms with van der Waals surface area (Å²) in [5.74, 6) is 0. The van der Waals surface area contributed by atoms with E-state index in [0.29, 0.717) is 0 Å². The average Bonchev–Trinajstić information content (AvgIpc) is 2.43. The van der Waals surface area contributed by atoms with Gasteiger partial charge in [-0.3, -0.25) is 4.90 Å². The smallest absolute Gasteiger partial charge is 0.0496 e. The van der Waals surface area contributed by atoms with Crippen LogP contribution >= 0.6 is 27.5 Å². The Bertz CT molecular complexity index is 584. The molecular formula is C17H20BrClN2. The first-order valence-electron chi connectivity index (χ1n) is 6.93. The Kier molecular flexibility index (Phi) is 5.82. The van der Waals surface area contributed by atoms with E-state index >= 15 is 0 Å². The van der Waals surface area contributed by atoms with Crippen LogP contribution in [0.15, 0.2) is 53.0 Å². The van der Waals surface area contributed by atoms with E-state index in [1.165, 1.54) is 11.1 Å². The molecule has 0 saturated heterocycles. The van der Waals surface area contributed by atoms with E-state index in [0.717, 1.165) is 16.0 Å². The van der Waals surface area contributed by atoms with Crippen molar-refractivity contribution in [3.05, 3.63) is 69.2 Å². The summed E-state index contributed by atoms with van der Waals surface area (Å²) in [5, 5.41) is 0.746. The highest BCUT2D eigenvalue weighted by Crippen LogP contribution is 2.27. The molecule has 4 heteroatoms. The molecule has 0 saturated carbocycles. The summed E-state index contributed by atoms with van der Waals surface area (Å²) < 4.78 is 1.12. The van der Waals surface area contributed by atoms with Gasteiger partial charge in [0.15, 0.2) is 0 Å².